The van der Waals surface area contributed by atoms with E-state index in [1.807, 2.05) is 54.9 Å². The van der Waals surface area contributed by atoms with Gasteiger partial charge in [-0.05, 0) is 32.0 Å². The molecule has 0 bridgehead atoms. The van der Waals surface area contributed by atoms with Crippen LogP contribution in [-0.2, 0) is 0 Å². The van der Waals surface area contributed by atoms with Crippen LogP contribution in [0.15, 0.2) is 42.7 Å². The van der Waals surface area contributed by atoms with Crippen LogP contribution in [0.3, 0.4) is 0 Å². The third kappa shape index (κ3) is 1.79. The van der Waals surface area contributed by atoms with E-state index in [-0.39, 0.29) is 6.10 Å². The van der Waals surface area contributed by atoms with E-state index < -0.39 is 0 Å². The molecule has 0 fully saturated rings. The monoisotopic (exact) mass is 281 g/mol. The van der Waals surface area contributed by atoms with Crippen LogP contribution in [0.25, 0.3) is 22.4 Å². The molecule has 21 heavy (non-hydrogen) atoms. The molecule has 0 amide bonds. The van der Waals surface area contributed by atoms with Crippen LogP contribution in [0, 0.1) is 0 Å². The molecule has 106 valence electrons. The third-order valence-electron chi connectivity index (χ3n) is 3.29. The fourth-order valence-electron chi connectivity index (χ4n) is 2.48. The maximum Gasteiger partial charge on any atom is 0.237 e. The van der Waals surface area contributed by atoms with Crippen molar-refractivity contribution in [3.63, 3.8) is 0 Å². The van der Waals surface area contributed by atoms with Crippen molar-refractivity contribution in [2.24, 2.45) is 0 Å². The van der Waals surface area contributed by atoms with E-state index >= 15 is 0 Å². The first-order chi connectivity index (χ1) is 10.2. The first-order valence-corrected chi connectivity index (χ1v) is 6.90. The highest BCUT2D eigenvalue weighted by atomic mass is 16.5. The molecule has 1 aromatic carbocycles. The number of nitrogens with one attached hydrogen (secondary N) is 1. The molecule has 4 aromatic rings. The Morgan fingerprint density at radius 2 is 2.05 bits per heavy atom. The van der Waals surface area contributed by atoms with Gasteiger partial charge in [-0.2, -0.15) is 5.10 Å². The zero-order chi connectivity index (χ0) is 14.4. The smallest absolute Gasteiger partial charge is 0.237 e. The molecule has 3 aromatic heterocycles. The van der Waals surface area contributed by atoms with Gasteiger partial charge in [-0.3, -0.25) is 5.10 Å². The second-order valence-electron chi connectivity index (χ2n) is 5.17. The second kappa shape index (κ2) is 4.37. The number of para-hydroxylation sites is 2. The van der Waals surface area contributed by atoms with E-state index in [1.165, 1.54) is 0 Å². The van der Waals surface area contributed by atoms with E-state index in [2.05, 4.69) is 15.2 Å². The van der Waals surface area contributed by atoms with Crippen molar-refractivity contribution in [1.82, 2.24) is 24.4 Å². The number of rotatable bonds is 3. The molecular formula is C15H15N5O. The fraction of sp³-hybridized carbons (Fsp3) is 0.200. The summed E-state index contributed by atoms with van der Waals surface area (Å²) in [4.78, 5) is 4.69. The highest BCUT2D eigenvalue weighted by Crippen LogP contribution is 2.29. The minimum Gasteiger partial charge on any atom is -0.474 e. The van der Waals surface area contributed by atoms with Crippen LogP contribution < -0.4 is 4.74 Å². The summed E-state index contributed by atoms with van der Waals surface area (Å²) in [5.41, 5.74) is 3.58. The van der Waals surface area contributed by atoms with Gasteiger partial charge in [0.2, 0.25) is 5.88 Å². The maximum absolute atomic E-state index is 5.88. The first-order valence-electron chi connectivity index (χ1n) is 6.90. The van der Waals surface area contributed by atoms with Gasteiger partial charge in [0.1, 0.15) is 0 Å². The molecule has 1 N–H and O–H groups in total. The Hall–Kier alpha value is -2.76. The van der Waals surface area contributed by atoms with Gasteiger partial charge in [0.25, 0.3) is 0 Å². The van der Waals surface area contributed by atoms with Crippen molar-refractivity contribution in [3.05, 3.63) is 42.7 Å². The number of nitrogens with zero attached hydrogens (tertiary/aromatic N) is 4. The number of aromatic amines is 1. The van der Waals surface area contributed by atoms with Crippen molar-refractivity contribution in [1.29, 1.82) is 0 Å². The van der Waals surface area contributed by atoms with Gasteiger partial charge in [0.15, 0.2) is 11.3 Å². The molecule has 3 heterocycles. The lowest BCUT2D eigenvalue weighted by Gasteiger charge is -2.09. The molecule has 0 spiro atoms. The molecule has 0 radical (unpaired) electrons. The summed E-state index contributed by atoms with van der Waals surface area (Å²) in [6.07, 6.45) is 3.69. The summed E-state index contributed by atoms with van der Waals surface area (Å²) in [6, 6.07) is 9.87. The van der Waals surface area contributed by atoms with Crippen molar-refractivity contribution in [3.8, 4) is 11.6 Å². The molecule has 4 rings (SSSR count). The Morgan fingerprint density at radius 1 is 1.19 bits per heavy atom. The molecular weight excluding hydrogens is 266 g/mol. The van der Waals surface area contributed by atoms with Crippen molar-refractivity contribution in [2.75, 3.05) is 0 Å². The van der Waals surface area contributed by atoms with E-state index in [0.717, 1.165) is 22.4 Å². The van der Waals surface area contributed by atoms with Crippen LogP contribution in [0.1, 0.15) is 13.8 Å². The predicted octanol–water partition coefficient (Wildman–Crippen LogP) is 2.79. The van der Waals surface area contributed by atoms with Gasteiger partial charge >= 0.3 is 0 Å². The number of H-pyrrole nitrogens is 1. The molecule has 0 saturated heterocycles. The Kier molecular flexibility index (Phi) is 2.50. The van der Waals surface area contributed by atoms with Gasteiger partial charge in [-0.25, -0.2) is 14.2 Å². The average molecular weight is 281 g/mol. The van der Waals surface area contributed by atoms with Gasteiger partial charge in [-0.1, -0.05) is 12.1 Å². The summed E-state index contributed by atoms with van der Waals surface area (Å²) < 4.78 is 9.59. The predicted molar refractivity (Wildman–Crippen MR) is 79.9 cm³/mol. The van der Waals surface area contributed by atoms with Gasteiger partial charge in [0.05, 0.1) is 17.1 Å². The molecule has 0 atom stereocenters. The highest BCUT2D eigenvalue weighted by molar-refractivity contribution is 5.84. The lowest BCUT2D eigenvalue weighted by atomic mass is 10.3. The SMILES string of the molecule is CC(C)Oc1[nH]n2c(nc3ccccc32)c1-n1cccn1. The van der Waals surface area contributed by atoms with Crippen LogP contribution in [0.2, 0.25) is 0 Å². The highest BCUT2D eigenvalue weighted by Gasteiger charge is 2.20. The number of imidazole rings is 1. The molecule has 0 aliphatic rings. The van der Waals surface area contributed by atoms with Gasteiger partial charge < -0.3 is 4.74 Å². The zero-order valence-corrected chi connectivity index (χ0v) is 11.8. The van der Waals surface area contributed by atoms with E-state index in [1.54, 1.807) is 10.9 Å². The van der Waals surface area contributed by atoms with Crippen LogP contribution in [0.4, 0.5) is 0 Å². The zero-order valence-electron chi connectivity index (χ0n) is 11.8. The standard InChI is InChI=1S/C15H15N5O/c1-10(2)21-15-13(19-9-5-8-16-19)14-17-11-6-3-4-7-12(11)20(14)18-15/h3-10,18H,1-2H3. The largest absolute Gasteiger partial charge is 0.474 e. The number of hydrogen-bond donors (Lipinski definition) is 1. The van der Waals surface area contributed by atoms with Crippen LogP contribution in [0.5, 0.6) is 5.88 Å². The average Bonchev–Trinajstić information content (AvgIpc) is 3.13. The summed E-state index contributed by atoms with van der Waals surface area (Å²) in [5, 5.41) is 7.59. The third-order valence-corrected chi connectivity index (χ3v) is 3.29. The van der Waals surface area contributed by atoms with Crippen molar-refractivity contribution < 1.29 is 4.74 Å². The van der Waals surface area contributed by atoms with Crippen LogP contribution in [-0.4, -0.2) is 30.5 Å². The number of fused-ring (bicyclic) bond motifs is 3. The first kappa shape index (κ1) is 12.0. The van der Waals surface area contributed by atoms with Crippen LogP contribution >= 0.6 is 0 Å². The summed E-state index contributed by atoms with van der Waals surface area (Å²) in [5.74, 6) is 0.668. The minimum atomic E-state index is 0.0638. The molecule has 0 saturated carbocycles. The summed E-state index contributed by atoms with van der Waals surface area (Å²) in [6.45, 7) is 3.99. The number of benzene rings is 1. The normalized spacial score (nSPS) is 11.8. The number of aromatic nitrogens is 5. The number of hydrogen-bond acceptors (Lipinski definition) is 3. The van der Waals surface area contributed by atoms with Gasteiger partial charge in [-0.15, -0.1) is 0 Å². The van der Waals surface area contributed by atoms with Crippen molar-refractivity contribution >= 4 is 16.7 Å². The summed E-state index contributed by atoms with van der Waals surface area (Å²) >= 11 is 0. The number of ether oxygens (including phenoxy) is 1. The van der Waals surface area contributed by atoms with E-state index in [0.29, 0.717) is 5.88 Å². The second-order valence-corrected chi connectivity index (χ2v) is 5.17. The van der Waals surface area contributed by atoms with E-state index in [9.17, 15) is 0 Å². The molecule has 0 aliphatic heterocycles. The van der Waals surface area contributed by atoms with E-state index in [4.69, 9.17) is 4.74 Å². The topological polar surface area (TPSA) is 60.1 Å². The molecule has 6 heteroatoms. The minimum absolute atomic E-state index is 0.0638. The Balaban J connectivity index is 2.05. The lowest BCUT2D eigenvalue weighted by molar-refractivity contribution is 0.231. The Labute approximate surface area is 121 Å². The quantitative estimate of drug-likeness (QED) is 0.628. The fourth-order valence-corrected chi connectivity index (χ4v) is 2.48. The molecule has 0 aliphatic carbocycles. The lowest BCUT2D eigenvalue weighted by Crippen LogP contribution is -2.08. The Morgan fingerprint density at radius 3 is 2.81 bits per heavy atom. The van der Waals surface area contributed by atoms with Crippen molar-refractivity contribution in [2.45, 2.75) is 20.0 Å². The maximum atomic E-state index is 5.88. The Bertz CT molecular complexity index is 901. The molecule has 0 unspecified atom stereocenters. The van der Waals surface area contributed by atoms with Gasteiger partial charge in [0, 0.05) is 12.4 Å². The molecule has 6 nitrogen and oxygen atoms in total. The summed E-state index contributed by atoms with van der Waals surface area (Å²) in [7, 11) is 0.